The number of amides is 1. The Hall–Kier alpha value is -2.39. The Morgan fingerprint density at radius 1 is 0.933 bits per heavy atom. The molecule has 1 saturated carbocycles. The molecule has 2 aromatic rings. The van der Waals surface area contributed by atoms with E-state index in [0.29, 0.717) is 12.5 Å². The van der Waals surface area contributed by atoms with Gasteiger partial charge >= 0.3 is 0 Å². The van der Waals surface area contributed by atoms with Crippen molar-refractivity contribution < 1.29 is 26.4 Å². The molecule has 1 aliphatic carbocycles. The van der Waals surface area contributed by atoms with Gasteiger partial charge in [-0.15, -0.1) is 0 Å². The Balaban J connectivity index is 1.54. The van der Waals surface area contributed by atoms with E-state index in [4.69, 9.17) is 0 Å². The number of halogens is 3. The SMILES string of the molecule is O=C(NCCc1ccc(S(=O)(=O)NC2CCCCC2)cc1)c1ccc(F)c(F)c1F. The number of rotatable bonds is 7. The first-order valence-corrected chi connectivity index (χ1v) is 11.3. The Morgan fingerprint density at radius 2 is 1.60 bits per heavy atom. The summed E-state index contributed by atoms with van der Waals surface area (Å²) in [5.41, 5.74) is 0.182. The fourth-order valence-electron chi connectivity index (χ4n) is 3.46. The van der Waals surface area contributed by atoms with Crippen molar-refractivity contribution >= 4 is 15.9 Å². The lowest BCUT2D eigenvalue weighted by Gasteiger charge is -2.22. The molecule has 30 heavy (non-hydrogen) atoms. The van der Waals surface area contributed by atoms with Gasteiger partial charge in [-0.25, -0.2) is 26.3 Å². The molecule has 0 aliphatic heterocycles. The van der Waals surface area contributed by atoms with Gasteiger partial charge in [-0.3, -0.25) is 4.79 Å². The maximum Gasteiger partial charge on any atom is 0.254 e. The van der Waals surface area contributed by atoms with Crippen LogP contribution in [-0.4, -0.2) is 26.9 Å². The van der Waals surface area contributed by atoms with E-state index >= 15 is 0 Å². The Labute approximate surface area is 173 Å². The highest BCUT2D eigenvalue weighted by atomic mass is 32.2. The molecule has 5 nitrogen and oxygen atoms in total. The maximum absolute atomic E-state index is 13.6. The van der Waals surface area contributed by atoms with Crippen LogP contribution in [0.3, 0.4) is 0 Å². The van der Waals surface area contributed by atoms with Crippen LogP contribution in [0, 0.1) is 17.5 Å². The summed E-state index contributed by atoms with van der Waals surface area (Å²) >= 11 is 0. The minimum atomic E-state index is -3.59. The monoisotopic (exact) mass is 440 g/mol. The van der Waals surface area contributed by atoms with Gasteiger partial charge in [0, 0.05) is 12.6 Å². The maximum atomic E-state index is 13.6. The van der Waals surface area contributed by atoms with Gasteiger partial charge in [-0.1, -0.05) is 31.4 Å². The summed E-state index contributed by atoms with van der Waals surface area (Å²) in [5, 5.41) is 2.44. The van der Waals surface area contributed by atoms with Gasteiger partial charge in [0.1, 0.15) is 0 Å². The molecule has 0 unspecified atom stereocenters. The summed E-state index contributed by atoms with van der Waals surface area (Å²) in [6, 6.07) is 7.81. The zero-order chi connectivity index (χ0) is 21.7. The zero-order valence-corrected chi connectivity index (χ0v) is 17.1. The Morgan fingerprint density at radius 3 is 2.27 bits per heavy atom. The van der Waals surface area contributed by atoms with Crippen LogP contribution in [0.1, 0.15) is 48.0 Å². The zero-order valence-electron chi connectivity index (χ0n) is 16.3. The van der Waals surface area contributed by atoms with Gasteiger partial charge < -0.3 is 5.32 Å². The molecule has 0 aromatic heterocycles. The lowest BCUT2D eigenvalue weighted by molar-refractivity contribution is 0.0949. The molecule has 0 bridgehead atoms. The van der Waals surface area contributed by atoms with Crippen LogP contribution < -0.4 is 10.0 Å². The fourth-order valence-corrected chi connectivity index (χ4v) is 4.77. The molecule has 9 heteroatoms. The van der Waals surface area contributed by atoms with Gasteiger partial charge in [0.25, 0.3) is 5.91 Å². The predicted molar refractivity (Wildman–Crippen MR) is 106 cm³/mol. The van der Waals surface area contributed by atoms with E-state index in [1.54, 1.807) is 12.1 Å². The summed E-state index contributed by atoms with van der Waals surface area (Å²) in [6.45, 7) is 0.115. The Kier molecular flexibility index (Phi) is 7.14. The van der Waals surface area contributed by atoms with E-state index in [0.717, 1.165) is 43.7 Å². The molecule has 1 fully saturated rings. The van der Waals surface area contributed by atoms with E-state index < -0.39 is 38.9 Å². The summed E-state index contributed by atoms with van der Waals surface area (Å²) in [7, 11) is -3.59. The Bertz CT molecular complexity index is 1000. The topological polar surface area (TPSA) is 75.3 Å². The van der Waals surface area contributed by atoms with Crippen LogP contribution >= 0.6 is 0 Å². The fraction of sp³-hybridized carbons (Fsp3) is 0.381. The van der Waals surface area contributed by atoms with Gasteiger partial charge in [0.05, 0.1) is 10.5 Å². The first-order chi connectivity index (χ1) is 14.3. The van der Waals surface area contributed by atoms with Crippen molar-refractivity contribution in [2.24, 2.45) is 0 Å². The third-order valence-electron chi connectivity index (χ3n) is 5.14. The average Bonchev–Trinajstić information content (AvgIpc) is 2.73. The molecule has 3 rings (SSSR count). The van der Waals surface area contributed by atoms with E-state index in [1.165, 1.54) is 12.1 Å². The third kappa shape index (κ3) is 5.40. The van der Waals surface area contributed by atoms with Crippen LogP contribution in [0.2, 0.25) is 0 Å². The number of benzene rings is 2. The molecular formula is C21H23F3N2O3S. The van der Waals surface area contributed by atoms with Crippen molar-refractivity contribution in [3.8, 4) is 0 Å². The minimum Gasteiger partial charge on any atom is -0.352 e. The van der Waals surface area contributed by atoms with Crippen LogP contribution in [-0.2, 0) is 16.4 Å². The molecular weight excluding hydrogens is 417 g/mol. The van der Waals surface area contributed by atoms with Crippen LogP contribution in [0.15, 0.2) is 41.3 Å². The van der Waals surface area contributed by atoms with E-state index in [9.17, 15) is 26.4 Å². The molecule has 1 aliphatic rings. The molecule has 0 spiro atoms. The number of hydrogen-bond donors (Lipinski definition) is 2. The number of nitrogens with one attached hydrogen (secondary N) is 2. The highest BCUT2D eigenvalue weighted by Gasteiger charge is 2.22. The van der Waals surface area contributed by atoms with E-state index in [1.807, 2.05) is 0 Å². The second-order valence-electron chi connectivity index (χ2n) is 7.33. The first-order valence-electron chi connectivity index (χ1n) is 9.81. The highest BCUT2D eigenvalue weighted by molar-refractivity contribution is 7.89. The van der Waals surface area contributed by atoms with Crippen molar-refractivity contribution in [1.29, 1.82) is 0 Å². The van der Waals surface area contributed by atoms with Crippen LogP contribution in [0.4, 0.5) is 13.2 Å². The molecule has 0 radical (unpaired) electrons. The predicted octanol–water partition coefficient (Wildman–Crippen LogP) is 3.69. The summed E-state index contributed by atoms with van der Waals surface area (Å²) in [6.07, 6.45) is 5.21. The molecule has 0 atom stereocenters. The van der Waals surface area contributed by atoms with Crippen molar-refractivity contribution in [2.75, 3.05) is 6.54 Å². The lowest BCUT2D eigenvalue weighted by atomic mass is 9.96. The first kappa shape index (κ1) is 22.3. The molecule has 2 N–H and O–H groups in total. The number of sulfonamides is 1. The van der Waals surface area contributed by atoms with Crippen molar-refractivity contribution in [3.63, 3.8) is 0 Å². The number of carbonyl (C=O) groups is 1. The molecule has 1 amide bonds. The van der Waals surface area contributed by atoms with Crippen molar-refractivity contribution in [1.82, 2.24) is 10.0 Å². The van der Waals surface area contributed by atoms with E-state index in [-0.39, 0.29) is 17.5 Å². The second-order valence-corrected chi connectivity index (χ2v) is 9.04. The summed E-state index contributed by atoms with van der Waals surface area (Å²) in [5.74, 6) is -5.45. The van der Waals surface area contributed by atoms with Gasteiger partial charge in [0.2, 0.25) is 10.0 Å². The van der Waals surface area contributed by atoms with Gasteiger partial charge in [0.15, 0.2) is 17.5 Å². The molecule has 0 heterocycles. The standard InChI is InChI=1S/C21H23F3N2O3S/c22-18-11-10-17(19(23)20(18)24)21(27)25-13-12-14-6-8-16(9-7-14)30(28,29)26-15-4-2-1-3-5-15/h6-11,15,26H,1-5,12-13H2,(H,25,27). The minimum absolute atomic E-state index is 0.0321. The summed E-state index contributed by atoms with van der Waals surface area (Å²) < 4.78 is 67.6. The molecule has 2 aromatic carbocycles. The number of carbonyl (C=O) groups excluding carboxylic acids is 1. The van der Waals surface area contributed by atoms with Crippen LogP contribution in [0.25, 0.3) is 0 Å². The smallest absolute Gasteiger partial charge is 0.254 e. The lowest BCUT2D eigenvalue weighted by Crippen LogP contribution is -2.36. The normalized spacial score (nSPS) is 15.2. The summed E-state index contributed by atoms with van der Waals surface area (Å²) in [4.78, 5) is 12.1. The quantitative estimate of drug-likeness (QED) is 0.645. The van der Waals surface area contributed by atoms with Gasteiger partial charge in [-0.2, -0.15) is 0 Å². The van der Waals surface area contributed by atoms with Gasteiger partial charge in [-0.05, 0) is 49.1 Å². The second kappa shape index (κ2) is 9.61. The van der Waals surface area contributed by atoms with E-state index in [2.05, 4.69) is 10.0 Å². The average molecular weight is 440 g/mol. The molecule has 0 saturated heterocycles. The van der Waals surface area contributed by atoms with Crippen molar-refractivity contribution in [2.45, 2.75) is 49.5 Å². The molecule has 162 valence electrons. The highest BCUT2D eigenvalue weighted by Crippen LogP contribution is 2.20. The van der Waals surface area contributed by atoms with Crippen molar-refractivity contribution in [3.05, 3.63) is 65.0 Å². The largest absolute Gasteiger partial charge is 0.352 e. The third-order valence-corrected chi connectivity index (χ3v) is 6.68. The van der Waals surface area contributed by atoms with Crippen LogP contribution in [0.5, 0.6) is 0 Å². The number of hydrogen-bond acceptors (Lipinski definition) is 3.